The molecule has 0 aromatic heterocycles. The highest BCUT2D eigenvalue weighted by Crippen LogP contribution is 2.23. The molecule has 1 saturated heterocycles. The molecule has 8 heteroatoms. The predicted molar refractivity (Wildman–Crippen MR) is 119 cm³/mol. The number of nitrogens with one attached hydrogen (secondary N) is 2. The van der Waals surface area contributed by atoms with E-state index in [9.17, 15) is 14.4 Å². The van der Waals surface area contributed by atoms with E-state index in [0.717, 1.165) is 22.4 Å². The molecule has 1 fully saturated rings. The van der Waals surface area contributed by atoms with Gasteiger partial charge in [0, 0.05) is 31.9 Å². The van der Waals surface area contributed by atoms with Gasteiger partial charge >= 0.3 is 6.03 Å². The number of nitrogens with two attached hydrogens (primary N) is 1. The van der Waals surface area contributed by atoms with Gasteiger partial charge in [0.25, 0.3) is 0 Å². The third-order valence-electron chi connectivity index (χ3n) is 5.63. The van der Waals surface area contributed by atoms with E-state index in [1.54, 1.807) is 0 Å². The summed E-state index contributed by atoms with van der Waals surface area (Å²) in [6, 6.07) is 13.7. The van der Waals surface area contributed by atoms with Crippen LogP contribution in [0.1, 0.15) is 22.7 Å². The van der Waals surface area contributed by atoms with Crippen LogP contribution in [-0.4, -0.2) is 60.4 Å². The number of nitrogens with zero attached hydrogens (tertiary/aromatic N) is 2. The second-order valence-corrected chi connectivity index (χ2v) is 7.77. The van der Waals surface area contributed by atoms with Crippen LogP contribution in [0.15, 0.2) is 48.5 Å². The Morgan fingerprint density at radius 3 is 2.29 bits per heavy atom. The Bertz CT molecular complexity index is 939. The van der Waals surface area contributed by atoms with Gasteiger partial charge in [-0.1, -0.05) is 42.5 Å². The van der Waals surface area contributed by atoms with Gasteiger partial charge in [0.15, 0.2) is 0 Å². The van der Waals surface area contributed by atoms with Crippen molar-refractivity contribution in [3.8, 4) is 0 Å². The first-order valence-corrected chi connectivity index (χ1v) is 10.3. The fraction of sp³-hybridized carbons (Fsp3) is 0.348. The molecule has 164 valence electrons. The molecular weight excluding hydrogens is 394 g/mol. The summed E-state index contributed by atoms with van der Waals surface area (Å²) in [5.41, 5.74) is 8.97. The van der Waals surface area contributed by atoms with Crippen LogP contribution in [0.5, 0.6) is 0 Å². The number of aryl methyl sites for hydroxylation is 1. The van der Waals surface area contributed by atoms with E-state index in [0.29, 0.717) is 26.2 Å². The second kappa shape index (κ2) is 10.2. The first kappa shape index (κ1) is 22.5. The molecule has 1 aliphatic heterocycles. The van der Waals surface area contributed by atoms with Gasteiger partial charge in [0.05, 0.1) is 6.54 Å². The van der Waals surface area contributed by atoms with Crippen LogP contribution >= 0.6 is 0 Å². The maximum Gasteiger partial charge on any atom is 0.318 e. The van der Waals surface area contributed by atoms with E-state index in [1.807, 2.05) is 67.3 Å². The van der Waals surface area contributed by atoms with E-state index >= 15 is 0 Å². The molecule has 4 amide bonds. The Balaban J connectivity index is 1.60. The number of amides is 4. The van der Waals surface area contributed by atoms with Gasteiger partial charge in [-0.3, -0.25) is 24.7 Å². The first-order valence-electron chi connectivity index (χ1n) is 10.3. The second-order valence-electron chi connectivity index (χ2n) is 7.77. The molecule has 1 aliphatic rings. The lowest BCUT2D eigenvalue weighted by atomic mass is 10.0. The fourth-order valence-electron chi connectivity index (χ4n) is 3.81. The van der Waals surface area contributed by atoms with Crippen LogP contribution in [0.25, 0.3) is 0 Å². The summed E-state index contributed by atoms with van der Waals surface area (Å²) < 4.78 is 0. The topological polar surface area (TPSA) is 108 Å². The molecule has 1 unspecified atom stereocenters. The summed E-state index contributed by atoms with van der Waals surface area (Å²) in [4.78, 5) is 40.5. The van der Waals surface area contributed by atoms with Gasteiger partial charge in [-0.2, -0.15) is 0 Å². The molecule has 1 atom stereocenters. The molecule has 0 aliphatic carbocycles. The van der Waals surface area contributed by atoms with E-state index in [1.165, 1.54) is 0 Å². The number of anilines is 1. The summed E-state index contributed by atoms with van der Waals surface area (Å²) in [5.74, 6) is -0.506. The molecule has 8 nitrogen and oxygen atoms in total. The van der Waals surface area contributed by atoms with Crippen LogP contribution in [0.4, 0.5) is 10.5 Å². The van der Waals surface area contributed by atoms with Crippen molar-refractivity contribution in [3.05, 3.63) is 65.2 Å². The first-order chi connectivity index (χ1) is 14.8. The molecule has 2 aromatic carbocycles. The monoisotopic (exact) mass is 423 g/mol. The summed E-state index contributed by atoms with van der Waals surface area (Å²) in [7, 11) is 0. The number of carbonyl (C=O) groups excluding carboxylic acids is 3. The minimum Gasteiger partial charge on any atom is -0.351 e. The van der Waals surface area contributed by atoms with Crippen LogP contribution in [0.2, 0.25) is 0 Å². The number of rotatable bonds is 6. The van der Waals surface area contributed by atoms with Gasteiger partial charge in [-0.05, 0) is 36.6 Å². The van der Waals surface area contributed by atoms with Crippen molar-refractivity contribution < 1.29 is 14.4 Å². The molecule has 1 heterocycles. The largest absolute Gasteiger partial charge is 0.351 e. The third-order valence-corrected chi connectivity index (χ3v) is 5.63. The summed E-state index contributed by atoms with van der Waals surface area (Å²) in [6.07, 6.45) is 0. The predicted octanol–water partition coefficient (Wildman–Crippen LogP) is 1.80. The van der Waals surface area contributed by atoms with Crippen molar-refractivity contribution in [1.29, 1.82) is 0 Å². The molecule has 4 N–H and O–H groups in total. The maximum atomic E-state index is 12.6. The minimum absolute atomic E-state index is 0.0618. The average Bonchev–Trinajstić information content (AvgIpc) is 2.73. The van der Waals surface area contributed by atoms with Crippen LogP contribution < -0.4 is 16.4 Å². The maximum absolute atomic E-state index is 12.6. The van der Waals surface area contributed by atoms with Crippen molar-refractivity contribution in [2.75, 3.05) is 38.0 Å². The number of piperazine rings is 1. The zero-order valence-corrected chi connectivity index (χ0v) is 17.9. The van der Waals surface area contributed by atoms with Gasteiger partial charge in [0.2, 0.25) is 11.8 Å². The SMILES string of the molecule is Cc1cccc(NC(=O)CN2CCN(C(C(=O)NC(N)=O)c3ccccc3)CC2)c1C. The van der Waals surface area contributed by atoms with Crippen LogP contribution in [-0.2, 0) is 9.59 Å². The summed E-state index contributed by atoms with van der Waals surface area (Å²) in [5, 5.41) is 5.19. The van der Waals surface area contributed by atoms with E-state index < -0.39 is 18.0 Å². The fourth-order valence-corrected chi connectivity index (χ4v) is 3.81. The highest BCUT2D eigenvalue weighted by atomic mass is 16.2. The normalized spacial score (nSPS) is 15.8. The lowest BCUT2D eigenvalue weighted by Gasteiger charge is -2.38. The number of benzene rings is 2. The number of hydrogen-bond donors (Lipinski definition) is 3. The van der Waals surface area contributed by atoms with Gasteiger partial charge < -0.3 is 11.1 Å². The van der Waals surface area contributed by atoms with Gasteiger partial charge in [-0.25, -0.2) is 4.79 Å². The Morgan fingerprint density at radius 2 is 1.65 bits per heavy atom. The molecule has 31 heavy (non-hydrogen) atoms. The van der Waals surface area contributed by atoms with Crippen molar-refractivity contribution >= 4 is 23.5 Å². The quantitative estimate of drug-likeness (QED) is 0.657. The summed E-state index contributed by atoms with van der Waals surface area (Å²) in [6.45, 7) is 6.73. The zero-order valence-electron chi connectivity index (χ0n) is 17.9. The molecule has 3 rings (SSSR count). The van der Waals surface area contributed by atoms with Crippen molar-refractivity contribution in [2.24, 2.45) is 5.73 Å². The molecule has 0 bridgehead atoms. The lowest BCUT2D eigenvalue weighted by molar-refractivity contribution is -0.127. The molecule has 0 saturated carbocycles. The van der Waals surface area contributed by atoms with Gasteiger partial charge in [0.1, 0.15) is 6.04 Å². The Kier molecular flexibility index (Phi) is 7.38. The van der Waals surface area contributed by atoms with E-state index in [-0.39, 0.29) is 12.5 Å². The average molecular weight is 424 g/mol. The van der Waals surface area contributed by atoms with Crippen LogP contribution in [0, 0.1) is 13.8 Å². The van der Waals surface area contributed by atoms with E-state index in [2.05, 4.69) is 15.5 Å². The minimum atomic E-state index is -0.868. The number of urea groups is 1. The van der Waals surface area contributed by atoms with Crippen molar-refractivity contribution in [3.63, 3.8) is 0 Å². The zero-order chi connectivity index (χ0) is 22.4. The molecule has 2 aromatic rings. The van der Waals surface area contributed by atoms with Crippen molar-refractivity contribution in [2.45, 2.75) is 19.9 Å². The number of imide groups is 1. The smallest absolute Gasteiger partial charge is 0.318 e. The van der Waals surface area contributed by atoms with E-state index in [4.69, 9.17) is 5.73 Å². The van der Waals surface area contributed by atoms with Gasteiger partial charge in [-0.15, -0.1) is 0 Å². The lowest BCUT2D eigenvalue weighted by Crippen LogP contribution is -2.53. The third kappa shape index (κ3) is 5.90. The number of carbonyl (C=O) groups is 3. The van der Waals surface area contributed by atoms with Crippen LogP contribution in [0.3, 0.4) is 0 Å². The Labute approximate surface area is 182 Å². The molecule has 0 spiro atoms. The molecule has 0 radical (unpaired) electrons. The highest BCUT2D eigenvalue weighted by Gasteiger charge is 2.31. The standard InChI is InChI=1S/C23H29N5O3/c1-16-7-6-10-19(17(16)2)25-20(29)15-27-11-13-28(14-12-27)21(22(30)26-23(24)31)18-8-4-3-5-9-18/h3-10,21H,11-15H2,1-2H3,(H,25,29)(H3,24,26,30,31). The Morgan fingerprint density at radius 1 is 0.968 bits per heavy atom. The number of hydrogen-bond acceptors (Lipinski definition) is 5. The highest BCUT2D eigenvalue weighted by molar-refractivity contribution is 5.97. The van der Waals surface area contributed by atoms with Crippen molar-refractivity contribution in [1.82, 2.24) is 15.1 Å². The summed E-state index contributed by atoms with van der Waals surface area (Å²) >= 11 is 0. The molecular formula is C23H29N5O3. The Hall–Kier alpha value is -3.23. The number of primary amides is 1.